The summed E-state index contributed by atoms with van der Waals surface area (Å²) in [6.45, 7) is 0. The SMILES string of the molecule is CNC1=CCCC(Cl)=C1F. The van der Waals surface area contributed by atoms with Crippen LogP contribution in [0.4, 0.5) is 4.39 Å². The van der Waals surface area contributed by atoms with Gasteiger partial charge < -0.3 is 5.32 Å². The second-order valence-electron chi connectivity index (χ2n) is 2.13. The number of hydrogen-bond acceptors (Lipinski definition) is 1. The predicted molar refractivity (Wildman–Crippen MR) is 40.4 cm³/mol. The summed E-state index contributed by atoms with van der Waals surface area (Å²) in [4.78, 5) is 0. The van der Waals surface area contributed by atoms with Crippen molar-refractivity contribution in [2.45, 2.75) is 12.8 Å². The van der Waals surface area contributed by atoms with Crippen molar-refractivity contribution < 1.29 is 4.39 Å². The van der Waals surface area contributed by atoms with Gasteiger partial charge in [0, 0.05) is 7.05 Å². The average Bonchev–Trinajstić information content (AvgIpc) is 1.95. The van der Waals surface area contributed by atoms with E-state index in [1.165, 1.54) is 0 Å². The number of likely N-dealkylation sites (N-methyl/N-ethyl adjacent to an activating group) is 1. The Morgan fingerprint density at radius 3 is 2.90 bits per heavy atom. The Morgan fingerprint density at radius 2 is 2.40 bits per heavy atom. The monoisotopic (exact) mass is 161 g/mol. The lowest BCUT2D eigenvalue weighted by molar-refractivity contribution is 0.612. The van der Waals surface area contributed by atoms with E-state index in [1.54, 1.807) is 13.1 Å². The molecule has 56 valence electrons. The molecule has 0 spiro atoms. The van der Waals surface area contributed by atoms with Crippen LogP contribution >= 0.6 is 11.6 Å². The molecule has 1 nitrogen and oxygen atoms in total. The molecule has 0 saturated carbocycles. The van der Waals surface area contributed by atoms with Gasteiger partial charge in [-0.25, -0.2) is 4.39 Å². The van der Waals surface area contributed by atoms with Crippen LogP contribution < -0.4 is 5.32 Å². The summed E-state index contributed by atoms with van der Waals surface area (Å²) in [5.74, 6) is -0.310. The molecule has 1 aliphatic carbocycles. The number of rotatable bonds is 1. The van der Waals surface area contributed by atoms with E-state index >= 15 is 0 Å². The molecule has 0 aliphatic heterocycles. The van der Waals surface area contributed by atoms with E-state index in [0.29, 0.717) is 17.2 Å². The minimum absolute atomic E-state index is 0.310. The Balaban J connectivity index is 2.83. The highest BCUT2D eigenvalue weighted by atomic mass is 35.5. The standard InChI is InChI=1S/C7H9ClFN/c1-10-6-4-2-3-5(8)7(6)9/h4,10H,2-3H2,1H3. The van der Waals surface area contributed by atoms with Crippen LogP contribution in [0, 0.1) is 0 Å². The summed E-state index contributed by atoms with van der Waals surface area (Å²) in [6.07, 6.45) is 3.25. The first-order valence-electron chi connectivity index (χ1n) is 3.18. The van der Waals surface area contributed by atoms with E-state index in [-0.39, 0.29) is 5.83 Å². The van der Waals surface area contributed by atoms with E-state index < -0.39 is 0 Å². The highest BCUT2D eigenvalue weighted by Crippen LogP contribution is 2.26. The topological polar surface area (TPSA) is 12.0 Å². The lowest BCUT2D eigenvalue weighted by Crippen LogP contribution is -2.09. The van der Waals surface area contributed by atoms with Gasteiger partial charge in [0.15, 0.2) is 5.83 Å². The fourth-order valence-electron chi connectivity index (χ4n) is 0.901. The Morgan fingerprint density at radius 1 is 1.70 bits per heavy atom. The van der Waals surface area contributed by atoms with Gasteiger partial charge in [0.1, 0.15) is 0 Å². The largest absolute Gasteiger partial charge is 0.386 e. The van der Waals surface area contributed by atoms with Crippen LogP contribution in [0.5, 0.6) is 0 Å². The van der Waals surface area contributed by atoms with E-state index in [4.69, 9.17) is 11.6 Å². The van der Waals surface area contributed by atoms with Gasteiger partial charge in [-0.2, -0.15) is 0 Å². The summed E-state index contributed by atoms with van der Waals surface area (Å²) < 4.78 is 12.9. The van der Waals surface area contributed by atoms with Crippen molar-refractivity contribution in [2.24, 2.45) is 0 Å². The van der Waals surface area contributed by atoms with Crippen LogP contribution in [0.1, 0.15) is 12.8 Å². The summed E-state index contributed by atoms with van der Waals surface area (Å²) in [7, 11) is 1.68. The van der Waals surface area contributed by atoms with Crippen LogP contribution in [0.3, 0.4) is 0 Å². The maximum absolute atomic E-state index is 12.9. The van der Waals surface area contributed by atoms with Gasteiger partial charge in [-0.05, 0) is 12.8 Å². The third-order valence-corrected chi connectivity index (χ3v) is 1.81. The molecule has 0 fully saturated rings. The third kappa shape index (κ3) is 1.32. The Hall–Kier alpha value is -0.500. The lowest BCUT2D eigenvalue weighted by Gasteiger charge is -2.10. The first kappa shape index (κ1) is 7.61. The molecular formula is C7H9ClFN. The number of nitrogens with one attached hydrogen (secondary N) is 1. The normalized spacial score (nSPS) is 18.9. The zero-order valence-corrected chi connectivity index (χ0v) is 6.50. The molecule has 0 heterocycles. The van der Waals surface area contributed by atoms with Crippen LogP contribution in [0.25, 0.3) is 0 Å². The maximum atomic E-state index is 12.9. The Kier molecular flexibility index (Phi) is 2.33. The van der Waals surface area contributed by atoms with Crippen LogP contribution in [-0.2, 0) is 0 Å². The molecule has 0 aromatic carbocycles. The Labute approximate surface area is 64.6 Å². The van der Waals surface area contributed by atoms with Crippen molar-refractivity contribution in [3.63, 3.8) is 0 Å². The molecule has 0 atom stereocenters. The molecule has 0 radical (unpaired) electrons. The molecule has 0 amide bonds. The van der Waals surface area contributed by atoms with Gasteiger partial charge in [-0.15, -0.1) is 0 Å². The zero-order chi connectivity index (χ0) is 7.56. The van der Waals surface area contributed by atoms with Crippen molar-refractivity contribution in [1.82, 2.24) is 5.32 Å². The van der Waals surface area contributed by atoms with Crippen molar-refractivity contribution >= 4 is 11.6 Å². The summed E-state index contributed by atoms with van der Waals surface area (Å²) in [5.41, 5.74) is 0.510. The second kappa shape index (κ2) is 3.06. The number of allylic oxidation sites excluding steroid dienone is 3. The molecule has 1 aliphatic rings. The van der Waals surface area contributed by atoms with Crippen LogP contribution in [0.15, 0.2) is 22.6 Å². The molecule has 0 bridgehead atoms. The minimum Gasteiger partial charge on any atom is -0.386 e. The highest BCUT2D eigenvalue weighted by molar-refractivity contribution is 6.30. The number of hydrogen-bond donors (Lipinski definition) is 1. The van der Waals surface area contributed by atoms with E-state index in [0.717, 1.165) is 6.42 Å². The van der Waals surface area contributed by atoms with Crippen molar-refractivity contribution in [2.75, 3.05) is 7.05 Å². The summed E-state index contributed by atoms with van der Waals surface area (Å²) in [6, 6.07) is 0. The van der Waals surface area contributed by atoms with Gasteiger partial charge in [0.2, 0.25) is 0 Å². The van der Waals surface area contributed by atoms with Crippen LogP contribution in [0.2, 0.25) is 0 Å². The molecule has 1 rings (SSSR count). The first-order chi connectivity index (χ1) is 4.75. The lowest BCUT2D eigenvalue weighted by atomic mass is 10.1. The molecule has 0 unspecified atom stereocenters. The quantitative estimate of drug-likeness (QED) is 0.623. The predicted octanol–water partition coefficient (Wildman–Crippen LogP) is 2.30. The van der Waals surface area contributed by atoms with Gasteiger partial charge in [0.25, 0.3) is 0 Å². The van der Waals surface area contributed by atoms with E-state index in [9.17, 15) is 4.39 Å². The van der Waals surface area contributed by atoms with Gasteiger partial charge in [0.05, 0.1) is 10.7 Å². The molecule has 10 heavy (non-hydrogen) atoms. The van der Waals surface area contributed by atoms with Gasteiger partial charge in [-0.1, -0.05) is 17.7 Å². The number of halogens is 2. The first-order valence-corrected chi connectivity index (χ1v) is 3.56. The fraction of sp³-hybridized carbons (Fsp3) is 0.429. The smallest absolute Gasteiger partial charge is 0.160 e. The molecular weight excluding hydrogens is 153 g/mol. The van der Waals surface area contributed by atoms with Crippen molar-refractivity contribution in [1.29, 1.82) is 0 Å². The fourth-order valence-corrected chi connectivity index (χ4v) is 1.11. The van der Waals surface area contributed by atoms with Gasteiger partial charge >= 0.3 is 0 Å². The highest BCUT2D eigenvalue weighted by Gasteiger charge is 2.12. The molecule has 0 aromatic rings. The minimum atomic E-state index is -0.310. The summed E-state index contributed by atoms with van der Waals surface area (Å²) in [5, 5.41) is 3.05. The van der Waals surface area contributed by atoms with Crippen LogP contribution in [-0.4, -0.2) is 7.05 Å². The zero-order valence-electron chi connectivity index (χ0n) is 5.75. The van der Waals surface area contributed by atoms with Crippen molar-refractivity contribution in [3.05, 3.63) is 22.6 Å². The van der Waals surface area contributed by atoms with E-state index in [2.05, 4.69) is 5.32 Å². The van der Waals surface area contributed by atoms with E-state index in [1.807, 2.05) is 0 Å². The van der Waals surface area contributed by atoms with Gasteiger partial charge in [-0.3, -0.25) is 0 Å². The maximum Gasteiger partial charge on any atom is 0.160 e. The average molecular weight is 162 g/mol. The van der Waals surface area contributed by atoms with Crippen molar-refractivity contribution in [3.8, 4) is 0 Å². The molecule has 0 aromatic heterocycles. The second-order valence-corrected chi connectivity index (χ2v) is 2.58. The summed E-state index contributed by atoms with van der Waals surface area (Å²) >= 11 is 5.56. The Bertz CT molecular complexity index is 196. The molecule has 1 N–H and O–H groups in total. The molecule has 3 heteroatoms. The molecule has 0 saturated heterocycles. The third-order valence-electron chi connectivity index (χ3n) is 1.46.